The molecule has 0 aliphatic carbocycles. The van der Waals surface area contributed by atoms with Gasteiger partial charge in [0.2, 0.25) is 10.0 Å². The van der Waals surface area contributed by atoms with Crippen molar-refractivity contribution in [3.63, 3.8) is 0 Å². The highest BCUT2D eigenvalue weighted by molar-refractivity contribution is 7.92. The van der Waals surface area contributed by atoms with Gasteiger partial charge in [-0.1, -0.05) is 0 Å². The van der Waals surface area contributed by atoms with Crippen molar-refractivity contribution in [1.29, 1.82) is 0 Å². The molecular formula is C10H18N4O3S. The monoisotopic (exact) mass is 274 g/mol. The number of methoxy groups -OCH3 is 1. The van der Waals surface area contributed by atoms with Crippen LogP contribution in [0.3, 0.4) is 0 Å². The van der Waals surface area contributed by atoms with Gasteiger partial charge in [0.15, 0.2) is 5.82 Å². The lowest BCUT2D eigenvalue weighted by molar-refractivity contribution is 0.197. The van der Waals surface area contributed by atoms with Gasteiger partial charge in [-0.15, -0.1) is 10.2 Å². The summed E-state index contributed by atoms with van der Waals surface area (Å²) in [4.78, 5) is 0. The highest BCUT2D eigenvalue weighted by Crippen LogP contribution is 2.07. The molecule has 0 aromatic carbocycles. The van der Waals surface area contributed by atoms with Gasteiger partial charge in [0.05, 0.1) is 5.75 Å². The molecule has 2 N–H and O–H groups in total. The predicted octanol–water partition coefficient (Wildman–Crippen LogP) is 0.687. The average molecular weight is 274 g/mol. The Bertz CT molecular complexity index is 447. The molecule has 0 unspecified atom stereocenters. The van der Waals surface area contributed by atoms with E-state index in [9.17, 15) is 8.42 Å². The van der Waals surface area contributed by atoms with Gasteiger partial charge in [-0.25, -0.2) is 8.42 Å². The fourth-order valence-corrected chi connectivity index (χ4v) is 1.72. The maximum atomic E-state index is 11.3. The Morgan fingerprint density at radius 2 is 1.94 bits per heavy atom. The third-order valence-corrected chi connectivity index (χ3v) is 3.42. The molecule has 102 valence electrons. The topological polar surface area (TPSA) is 93.2 Å². The van der Waals surface area contributed by atoms with E-state index in [1.54, 1.807) is 26.2 Å². The van der Waals surface area contributed by atoms with Crippen molar-refractivity contribution < 1.29 is 13.2 Å². The first-order chi connectivity index (χ1) is 8.57. The van der Waals surface area contributed by atoms with Crippen molar-refractivity contribution in [2.75, 3.05) is 36.1 Å². The minimum absolute atomic E-state index is 0.00565. The second-order valence-corrected chi connectivity index (χ2v) is 5.59. The SMILES string of the molecule is CCS(=O)(=O)Nc1ccc(NCCCOC)nn1. The van der Waals surface area contributed by atoms with Crippen LogP contribution >= 0.6 is 0 Å². The second-order valence-electron chi connectivity index (χ2n) is 3.58. The van der Waals surface area contributed by atoms with Crippen LogP contribution in [0, 0.1) is 0 Å². The van der Waals surface area contributed by atoms with Crippen molar-refractivity contribution in [2.24, 2.45) is 0 Å². The van der Waals surface area contributed by atoms with E-state index in [0.717, 1.165) is 13.0 Å². The molecule has 1 aromatic heterocycles. The quantitative estimate of drug-likeness (QED) is 0.677. The lowest BCUT2D eigenvalue weighted by Gasteiger charge is -2.06. The van der Waals surface area contributed by atoms with Crippen molar-refractivity contribution >= 4 is 21.7 Å². The van der Waals surface area contributed by atoms with Crippen LogP contribution in [0.5, 0.6) is 0 Å². The van der Waals surface area contributed by atoms with E-state index in [-0.39, 0.29) is 11.6 Å². The first-order valence-corrected chi connectivity index (χ1v) is 7.29. The summed E-state index contributed by atoms with van der Waals surface area (Å²) < 4.78 is 29.8. The molecule has 0 bridgehead atoms. The highest BCUT2D eigenvalue weighted by Gasteiger charge is 2.07. The van der Waals surface area contributed by atoms with Crippen molar-refractivity contribution in [3.8, 4) is 0 Å². The predicted molar refractivity (Wildman–Crippen MR) is 70.1 cm³/mol. The smallest absolute Gasteiger partial charge is 0.233 e. The number of rotatable bonds is 8. The second kappa shape index (κ2) is 7.12. The standard InChI is InChI=1S/C10H18N4O3S/c1-3-18(15,16)14-10-6-5-9(12-13-10)11-7-4-8-17-2/h5-6H,3-4,7-8H2,1-2H3,(H,11,12)(H,13,14). The largest absolute Gasteiger partial charge is 0.385 e. The minimum atomic E-state index is -3.30. The minimum Gasteiger partial charge on any atom is -0.385 e. The normalized spacial score (nSPS) is 11.2. The molecule has 8 heteroatoms. The third-order valence-electron chi connectivity index (χ3n) is 2.14. The number of ether oxygens (including phenoxy) is 1. The van der Waals surface area contributed by atoms with Crippen LogP contribution in [0.15, 0.2) is 12.1 Å². The van der Waals surface area contributed by atoms with E-state index in [1.807, 2.05) is 0 Å². The van der Waals surface area contributed by atoms with E-state index in [4.69, 9.17) is 4.74 Å². The van der Waals surface area contributed by atoms with E-state index < -0.39 is 10.0 Å². The third kappa shape index (κ3) is 5.28. The van der Waals surface area contributed by atoms with Crippen LogP contribution in [-0.4, -0.2) is 44.6 Å². The van der Waals surface area contributed by atoms with Gasteiger partial charge in [0.1, 0.15) is 5.82 Å². The zero-order valence-corrected chi connectivity index (χ0v) is 11.3. The number of hydrogen-bond donors (Lipinski definition) is 2. The lowest BCUT2D eigenvalue weighted by Crippen LogP contribution is -2.16. The maximum absolute atomic E-state index is 11.3. The molecule has 0 saturated carbocycles. The van der Waals surface area contributed by atoms with Crippen molar-refractivity contribution in [2.45, 2.75) is 13.3 Å². The molecule has 0 aliphatic rings. The molecule has 0 fully saturated rings. The molecule has 1 heterocycles. The first kappa shape index (κ1) is 14.7. The van der Waals surface area contributed by atoms with Crippen LogP contribution in [-0.2, 0) is 14.8 Å². The molecule has 1 rings (SSSR count). The van der Waals surface area contributed by atoms with Gasteiger partial charge in [-0.2, -0.15) is 0 Å². The van der Waals surface area contributed by atoms with Crippen LogP contribution in [0.1, 0.15) is 13.3 Å². The molecule has 7 nitrogen and oxygen atoms in total. The fourth-order valence-electron chi connectivity index (χ4n) is 1.15. The highest BCUT2D eigenvalue weighted by atomic mass is 32.2. The number of nitrogens with zero attached hydrogens (tertiary/aromatic N) is 2. The summed E-state index contributed by atoms with van der Waals surface area (Å²) in [5.74, 6) is 0.830. The summed E-state index contributed by atoms with van der Waals surface area (Å²) in [7, 11) is -1.65. The van der Waals surface area contributed by atoms with Crippen molar-refractivity contribution in [1.82, 2.24) is 10.2 Å². The van der Waals surface area contributed by atoms with Crippen LogP contribution in [0.25, 0.3) is 0 Å². The average Bonchev–Trinajstić information content (AvgIpc) is 2.36. The van der Waals surface area contributed by atoms with Gasteiger partial charge in [0, 0.05) is 20.3 Å². The van der Waals surface area contributed by atoms with Gasteiger partial charge in [-0.3, -0.25) is 4.72 Å². The first-order valence-electron chi connectivity index (χ1n) is 5.64. The molecule has 0 radical (unpaired) electrons. The molecule has 0 amide bonds. The lowest BCUT2D eigenvalue weighted by atomic mass is 10.4. The molecule has 0 saturated heterocycles. The molecule has 18 heavy (non-hydrogen) atoms. The summed E-state index contributed by atoms with van der Waals surface area (Å²) >= 11 is 0. The van der Waals surface area contributed by atoms with Crippen molar-refractivity contribution in [3.05, 3.63) is 12.1 Å². The maximum Gasteiger partial charge on any atom is 0.233 e. The van der Waals surface area contributed by atoms with Gasteiger partial charge in [-0.05, 0) is 25.5 Å². The van der Waals surface area contributed by atoms with Gasteiger partial charge < -0.3 is 10.1 Å². The van der Waals surface area contributed by atoms with Gasteiger partial charge in [0.25, 0.3) is 0 Å². The Morgan fingerprint density at radius 3 is 2.50 bits per heavy atom. The zero-order chi connectivity index (χ0) is 13.4. The molecular weight excluding hydrogens is 256 g/mol. The van der Waals surface area contributed by atoms with E-state index in [2.05, 4.69) is 20.2 Å². The van der Waals surface area contributed by atoms with E-state index >= 15 is 0 Å². The summed E-state index contributed by atoms with van der Waals surface area (Å²) in [6, 6.07) is 3.24. The number of hydrogen-bond acceptors (Lipinski definition) is 6. The number of aromatic nitrogens is 2. The molecule has 0 spiro atoms. The molecule has 0 aliphatic heterocycles. The Hall–Kier alpha value is -1.41. The Labute approximate surface area is 107 Å². The molecule has 0 atom stereocenters. The Morgan fingerprint density at radius 1 is 1.28 bits per heavy atom. The number of anilines is 2. The summed E-state index contributed by atoms with van der Waals surface area (Å²) in [5, 5.41) is 10.7. The Kier molecular flexibility index (Phi) is 5.79. The van der Waals surface area contributed by atoms with Crippen LogP contribution in [0.2, 0.25) is 0 Å². The Balaban J connectivity index is 2.47. The van der Waals surface area contributed by atoms with Gasteiger partial charge >= 0.3 is 0 Å². The zero-order valence-electron chi connectivity index (χ0n) is 10.5. The van der Waals surface area contributed by atoms with Crippen LogP contribution in [0.4, 0.5) is 11.6 Å². The number of nitrogens with one attached hydrogen (secondary N) is 2. The summed E-state index contributed by atoms with van der Waals surface area (Å²) in [6.07, 6.45) is 0.863. The van der Waals surface area contributed by atoms with E-state index in [1.165, 1.54) is 0 Å². The van der Waals surface area contributed by atoms with E-state index in [0.29, 0.717) is 12.4 Å². The van der Waals surface area contributed by atoms with Crippen LogP contribution < -0.4 is 10.0 Å². The fraction of sp³-hybridized carbons (Fsp3) is 0.600. The summed E-state index contributed by atoms with van der Waals surface area (Å²) in [5.41, 5.74) is 0. The summed E-state index contributed by atoms with van der Waals surface area (Å²) in [6.45, 7) is 2.96. The number of sulfonamides is 1. The molecule has 1 aromatic rings.